The maximum atomic E-state index is 11.2. The normalized spacial score (nSPS) is 16.8. The second kappa shape index (κ2) is 3.20. The van der Waals surface area contributed by atoms with Crippen molar-refractivity contribution in [2.75, 3.05) is 11.4 Å². The van der Waals surface area contributed by atoms with Crippen LogP contribution in [0, 0.1) is 0 Å². The van der Waals surface area contributed by atoms with Crippen molar-refractivity contribution in [3.8, 4) is 0 Å². The van der Waals surface area contributed by atoms with Crippen LogP contribution in [0.3, 0.4) is 0 Å². The first-order valence-corrected chi connectivity index (χ1v) is 5.17. The lowest BCUT2D eigenvalue weighted by molar-refractivity contribution is -0.114. The fourth-order valence-electron chi connectivity index (χ4n) is 2.18. The molecule has 0 atom stereocenters. The van der Waals surface area contributed by atoms with E-state index in [0.29, 0.717) is 18.5 Å². The van der Waals surface area contributed by atoms with Crippen molar-refractivity contribution >= 4 is 23.5 Å². The molecule has 2 aliphatic heterocycles. The van der Waals surface area contributed by atoms with Gasteiger partial charge >= 0.3 is 0 Å². The van der Waals surface area contributed by atoms with E-state index in [1.54, 1.807) is 0 Å². The van der Waals surface area contributed by atoms with Crippen LogP contribution in [0.15, 0.2) is 35.0 Å². The predicted molar refractivity (Wildman–Crippen MR) is 62.9 cm³/mol. The highest BCUT2D eigenvalue weighted by Crippen LogP contribution is 2.38. The van der Waals surface area contributed by atoms with Gasteiger partial charge in [0.15, 0.2) is 0 Å². The molecule has 80 valence electrons. The van der Waals surface area contributed by atoms with E-state index in [4.69, 9.17) is 5.73 Å². The van der Waals surface area contributed by atoms with Crippen LogP contribution in [0.1, 0.15) is 5.56 Å². The number of carbonyl (C=O) groups excluding carboxylic acids is 1. The molecule has 0 bridgehead atoms. The van der Waals surface area contributed by atoms with Gasteiger partial charge in [-0.2, -0.15) is 0 Å². The van der Waals surface area contributed by atoms with Gasteiger partial charge in [-0.3, -0.25) is 9.79 Å². The number of primary amides is 1. The van der Waals surface area contributed by atoms with Crippen molar-refractivity contribution in [3.63, 3.8) is 0 Å². The summed E-state index contributed by atoms with van der Waals surface area (Å²) in [4.78, 5) is 17.6. The number of nitrogens with zero attached hydrogens (tertiary/aromatic N) is 2. The Morgan fingerprint density at radius 3 is 3.12 bits per heavy atom. The van der Waals surface area contributed by atoms with Crippen molar-refractivity contribution in [2.24, 2.45) is 10.7 Å². The van der Waals surface area contributed by atoms with E-state index >= 15 is 0 Å². The van der Waals surface area contributed by atoms with E-state index < -0.39 is 0 Å². The van der Waals surface area contributed by atoms with Gasteiger partial charge in [-0.25, -0.2) is 0 Å². The standard InChI is InChI=1S/C12H11N3O/c13-12(16)9-6-8-2-1-3-10-11(8)15(7-9)5-4-14-10/h1-4,7H,5-6H2,(H2,13,16). The van der Waals surface area contributed by atoms with Crippen LogP contribution in [-0.4, -0.2) is 18.7 Å². The third-order valence-electron chi connectivity index (χ3n) is 2.90. The van der Waals surface area contributed by atoms with Gasteiger partial charge in [-0.1, -0.05) is 12.1 Å². The SMILES string of the molecule is NC(=O)C1=CN2CC=Nc3cccc(c32)C1. The molecular weight excluding hydrogens is 202 g/mol. The van der Waals surface area contributed by atoms with Crippen LogP contribution >= 0.6 is 0 Å². The van der Waals surface area contributed by atoms with Gasteiger partial charge in [-0.05, 0) is 11.6 Å². The second-order valence-electron chi connectivity index (χ2n) is 3.94. The number of rotatable bonds is 1. The molecule has 0 aromatic heterocycles. The third-order valence-corrected chi connectivity index (χ3v) is 2.90. The fourth-order valence-corrected chi connectivity index (χ4v) is 2.18. The molecule has 4 heteroatoms. The van der Waals surface area contributed by atoms with Gasteiger partial charge < -0.3 is 10.6 Å². The highest BCUT2D eigenvalue weighted by atomic mass is 16.1. The number of hydrogen-bond donors (Lipinski definition) is 1. The van der Waals surface area contributed by atoms with E-state index in [1.807, 2.05) is 35.5 Å². The molecule has 16 heavy (non-hydrogen) atoms. The van der Waals surface area contributed by atoms with Crippen molar-refractivity contribution in [2.45, 2.75) is 6.42 Å². The maximum absolute atomic E-state index is 11.2. The number of nitrogens with two attached hydrogens (primary N) is 1. The van der Waals surface area contributed by atoms with E-state index in [2.05, 4.69) is 4.99 Å². The number of carbonyl (C=O) groups is 1. The average Bonchev–Trinajstić information content (AvgIpc) is 2.29. The predicted octanol–water partition coefficient (Wildman–Crippen LogP) is 1.13. The zero-order valence-corrected chi connectivity index (χ0v) is 8.68. The Morgan fingerprint density at radius 2 is 2.31 bits per heavy atom. The minimum absolute atomic E-state index is 0.349. The summed E-state index contributed by atoms with van der Waals surface area (Å²) < 4.78 is 0. The topological polar surface area (TPSA) is 58.7 Å². The number of aliphatic imine (C=N–C) groups is 1. The van der Waals surface area contributed by atoms with Crippen LogP contribution < -0.4 is 10.6 Å². The van der Waals surface area contributed by atoms with E-state index in [-0.39, 0.29) is 5.91 Å². The van der Waals surface area contributed by atoms with Gasteiger partial charge in [-0.15, -0.1) is 0 Å². The molecule has 0 aliphatic carbocycles. The molecule has 2 N–H and O–H groups in total. The van der Waals surface area contributed by atoms with Crippen LogP contribution in [0.5, 0.6) is 0 Å². The van der Waals surface area contributed by atoms with Crippen LogP contribution in [0.2, 0.25) is 0 Å². The molecule has 4 nitrogen and oxygen atoms in total. The van der Waals surface area contributed by atoms with Crippen molar-refractivity contribution < 1.29 is 4.79 Å². The summed E-state index contributed by atoms with van der Waals surface area (Å²) in [6.07, 6.45) is 4.27. The smallest absolute Gasteiger partial charge is 0.246 e. The zero-order valence-electron chi connectivity index (χ0n) is 8.68. The van der Waals surface area contributed by atoms with E-state index in [9.17, 15) is 4.79 Å². The Morgan fingerprint density at radius 1 is 1.44 bits per heavy atom. The van der Waals surface area contributed by atoms with Crippen molar-refractivity contribution in [1.29, 1.82) is 0 Å². The first-order valence-electron chi connectivity index (χ1n) is 5.17. The highest BCUT2D eigenvalue weighted by Gasteiger charge is 2.23. The van der Waals surface area contributed by atoms with Crippen molar-refractivity contribution in [1.82, 2.24) is 0 Å². The summed E-state index contributed by atoms with van der Waals surface area (Å²) in [6, 6.07) is 5.95. The van der Waals surface area contributed by atoms with Gasteiger partial charge in [0.05, 0.1) is 17.9 Å². The minimum Gasteiger partial charge on any atom is -0.366 e. The monoisotopic (exact) mass is 213 g/mol. The molecule has 1 aromatic carbocycles. The lowest BCUT2D eigenvalue weighted by Crippen LogP contribution is -2.29. The minimum atomic E-state index is -0.349. The van der Waals surface area contributed by atoms with Crippen LogP contribution in [-0.2, 0) is 11.2 Å². The zero-order chi connectivity index (χ0) is 11.1. The second-order valence-corrected chi connectivity index (χ2v) is 3.94. The number of anilines is 1. The molecule has 1 aromatic rings. The molecule has 0 unspecified atom stereocenters. The lowest BCUT2D eigenvalue weighted by Gasteiger charge is -2.30. The molecule has 3 rings (SSSR count). The number of hydrogen-bond acceptors (Lipinski definition) is 3. The van der Waals surface area contributed by atoms with Gasteiger partial charge in [0.2, 0.25) is 5.91 Å². The van der Waals surface area contributed by atoms with Crippen molar-refractivity contribution in [3.05, 3.63) is 35.5 Å². The summed E-state index contributed by atoms with van der Waals surface area (Å²) in [5, 5.41) is 0. The number of para-hydroxylation sites is 1. The average molecular weight is 213 g/mol. The summed E-state index contributed by atoms with van der Waals surface area (Å²) in [7, 11) is 0. The maximum Gasteiger partial charge on any atom is 0.246 e. The van der Waals surface area contributed by atoms with E-state index in [0.717, 1.165) is 16.9 Å². The molecule has 2 aliphatic rings. The molecule has 2 heterocycles. The molecule has 0 fully saturated rings. The molecule has 0 saturated carbocycles. The van der Waals surface area contributed by atoms with Gasteiger partial charge in [0.1, 0.15) is 0 Å². The molecular formula is C12H11N3O. The Labute approximate surface area is 93.1 Å². The summed E-state index contributed by atoms with van der Waals surface area (Å²) in [5.41, 5.74) is 9.17. The Hall–Kier alpha value is -2.10. The quantitative estimate of drug-likeness (QED) is 0.760. The van der Waals surface area contributed by atoms with Gasteiger partial charge in [0, 0.05) is 24.4 Å². The Kier molecular flexibility index (Phi) is 1.83. The first kappa shape index (κ1) is 9.15. The Balaban J connectivity index is 2.16. The third kappa shape index (κ3) is 1.23. The fraction of sp³-hybridized carbons (Fsp3) is 0.167. The number of benzene rings is 1. The highest BCUT2D eigenvalue weighted by molar-refractivity contribution is 5.96. The summed E-state index contributed by atoms with van der Waals surface area (Å²) in [6.45, 7) is 0.695. The summed E-state index contributed by atoms with van der Waals surface area (Å²) in [5.74, 6) is -0.349. The molecule has 0 spiro atoms. The van der Waals surface area contributed by atoms with Gasteiger partial charge in [0.25, 0.3) is 0 Å². The summed E-state index contributed by atoms with van der Waals surface area (Å²) >= 11 is 0. The largest absolute Gasteiger partial charge is 0.366 e. The molecule has 0 saturated heterocycles. The molecule has 1 amide bonds. The van der Waals surface area contributed by atoms with E-state index in [1.165, 1.54) is 0 Å². The van der Waals surface area contributed by atoms with Crippen LogP contribution in [0.25, 0.3) is 0 Å². The Bertz CT molecular complexity index is 531. The lowest BCUT2D eigenvalue weighted by atomic mass is 9.97. The first-order chi connectivity index (χ1) is 7.75. The van der Waals surface area contributed by atoms with Crippen LogP contribution in [0.4, 0.5) is 11.4 Å². The number of amides is 1. The molecule has 0 radical (unpaired) electrons.